The van der Waals surface area contributed by atoms with Crippen molar-refractivity contribution in [3.63, 3.8) is 0 Å². The van der Waals surface area contributed by atoms with Crippen LogP contribution in [0.4, 0.5) is 0 Å². The molecular weight excluding hydrogens is 374 g/mol. The molecule has 0 amide bonds. The number of ether oxygens (including phenoxy) is 2. The first-order valence-electron chi connectivity index (χ1n) is 8.25. The minimum Gasteiger partial charge on any atom is -0.497 e. The molecule has 1 fully saturated rings. The first kappa shape index (κ1) is 18.7. The van der Waals surface area contributed by atoms with Gasteiger partial charge < -0.3 is 18.8 Å². The number of methoxy groups -OCH3 is 1. The van der Waals surface area contributed by atoms with Crippen LogP contribution < -0.4 is 10.4 Å². The van der Waals surface area contributed by atoms with Crippen molar-refractivity contribution in [1.82, 2.24) is 4.90 Å². The third kappa shape index (κ3) is 4.56. The average molecular weight is 393 g/mol. The second-order valence-corrected chi connectivity index (χ2v) is 7.47. The van der Waals surface area contributed by atoms with E-state index in [0.717, 1.165) is 30.3 Å². The molecule has 8 heteroatoms. The molecule has 0 saturated carbocycles. The Hall–Kier alpha value is -2.06. The molecule has 1 aliphatic heterocycles. The normalized spacial score (nSPS) is 13.8. The summed E-state index contributed by atoms with van der Waals surface area (Å²) in [5, 5.41) is 0.707. The molecule has 1 saturated heterocycles. The summed E-state index contributed by atoms with van der Waals surface area (Å²) < 4.78 is 16.4. The standard InChI is InChI=1S/C18H19NO5S2/c1-22-13-4-5-14-12(8-16(20)24-15(14)9-13)10-23-17(21)11-26-18(25)19-6-2-3-7-19/h4-5,8-9H,2-3,6-7,10-11H2,1H3. The smallest absolute Gasteiger partial charge is 0.336 e. The number of thioether (sulfide) groups is 1. The van der Waals surface area contributed by atoms with Crippen LogP contribution in [0.1, 0.15) is 18.4 Å². The number of thiocarbonyl (C=S) groups is 1. The Kier molecular flexibility index (Phi) is 6.16. The lowest BCUT2D eigenvalue weighted by atomic mass is 10.1. The molecule has 3 rings (SSSR count). The number of carbonyl (C=O) groups excluding carboxylic acids is 1. The van der Waals surface area contributed by atoms with Gasteiger partial charge in [-0.15, -0.1) is 0 Å². The number of hydrogen-bond acceptors (Lipinski definition) is 7. The number of benzene rings is 1. The zero-order chi connectivity index (χ0) is 18.5. The van der Waals surface area contributed by atoms with Crippen LogP contribution in [0, 0.1) is 0 Å². The second-order valence-electron chi connectivity index (χ2n) is 5.86. The van der Waals surface area contributed by atoms with Gasteiger partial charge in [0.25, 0.3) is 0 Å². The van der Waals surface area contributed by atoms with E-state index in [-0.39, 0.29) is 18.3 Å². The van der Waals surface area contributed by atoms with Gasteiger partial charge in [0.1, 0.15) is 22.3 Å². The molecule has 0 radical (unpaired) electrons. The van der Waals surface area contributed by atoms with E-state index in [4.69, 9.17) is 26.1 Å². The van der Waals surface area contributed by atoms with Gasteiger partial charge >= 0.3 is 11.6 Å². The van der Waals surface area contributed by atoms with E-state index in [1.165, 1.54) is 24.9 Å². The van der Waals surface area contributed by atoms with Crippen molar-refractivity contribution in [2.24, 2.45) is 0 Å². The molecule has 0 atom stereocenters. The van der Waals surface area contributed by atoms with Crippen LogP contribution >= 0.6 is 24.0 Å². The molecule has 1 aromatic carbocycles. The lowest BCUT2D eigenvalue weighted by Crippen LogP contribution is -2.24. The molecule has 1 aromatic heterocycles. The van der Waals surface area contributed by atoms with Crippen LogP contribution in [0.3, 0.4) is 0 Å². The van der Waals surface area contributed by atoms with E-state index in [1.54, 1.807) is 18.2 Å². The Morgan fingerprint density at radius 1 is 1.31 bits per heavy atom. The fraction of sp³-hybridized carbons (Fsp3) is 0.389. The fourth-order valence-electron chi connectivity index (χ4n) is 2.77. The lowest BCUT2D eigenvalue weighted by Gasteiger charge is -2.17. The van der Waals surface area contributed by atoms with E-state index in [2.05, 4.69) is 4.90 Å². The molecule has 138 valence electrons. The fourth-order valence-corrected chi connectivity index (χ4v) is 3.82. The highest BCUT2D eigenvalue weighted by molar-refractivity contribution is 8.23. The van der Waals surface area contributed by atoms with E-state index in [1.807, 2.05) is 0 Å². The van der Waals surface area contributed by atoms with Gasteiger partial charge in [-0.2, -0.15) is 0 Å². The third-order valence-electron chi connectivity index (χ3n) is 4.10. The predicted molar refractivity (Wildman–Crippen MR) is 105 cm³/mol. The number of carbonyl (C=O) groups is 1. The van der Waals surface area contributed by atoms with Crippen LogP contribution in [0.5, 0.6) is 5.75 Å². The summed E-state index contributed by atoms with van der Waals surface area (Å²) in [6.07, 6.45) is 2.28. The van der Waals surface area contributed by atoms with Crippen molar-refractivity contribution in [3.8, 4) is 5.75 Å². The Bertz CT molecular complexity index is 874. The summed E-state index contributed by atoms with van der Waals surface area (Å²) in [6.45, 7) is 1.91. The van der Waals surface area contributed by atoms with Gasteiger partial charge in [-0.25, -0.2) is 4.79 Å². The number of hydrogen-bond donors (Lipinski definition) is 0. The van der Waals surface area contributed by atoms with Gasteiger partial charge in [0.05, 0.1) is 12.9 Å². The van der Waals surface area contributed by atoms with Gasteiger partial charge in [-0.05, 0) is 25.0 Å². The monoisotopic (exact) mass is 393 g/mol. The van der Waals surface area contributed by atoms with Gasteiger partial charge in [-0.3, -0.25) is 4.79 Å². The van der Waals surface area contributed by atoms with Crippen molar-refractivity contribution < 1.29 is 18.7 Å². The van der Waals surface area contributed by atoms with E-state index >= 15 is 0 Å². The van der Waals surface area contributed by atoms with E-state index < -0.39 is 5.63 Å². The average Bonchev–Trinajstić information content (AvgIpc) is 3.18. The van der Waals surface area contributed by atoms with Crippen molar-refractivity contribution in [1.29, 1.82) is 0 Å². The molecular formula is C18H19NO5S2. The number of rotatable bonds is 5. The van der Waals surface area contributed by atoms with Crippen molar-refractivity contribution in [3.05, 3.63) is 40.2 Å². The zero-order valence-corrected chi connectivity index (χ0v) is 16.0. The molecule has 0 unspecified atom stereocenters. The molecule has 2 heterocycles. The first-order chi connectivity index (χ1) is 12.6. The Morgan fingerprint density at radius 2 is 2.08 bits per heavy atom. The molecule has 1 aliphatic rings. The zero-order valence-electron chi connectivity index (χ0n) is 14.4. The summed E-state index contributed by atoms with van der Waals surface area (Å²) in [4.78, 5) is 25.9. The maximum absolute atomic E-state index is 12.0. The Labute approximate surface area is 160 Å². The van der Waals surface area contributed by atoms with Gasteiger partial charge in [0.15, 0.2) is 0 Å². The Balaban J connectivity index is 1.61. The summed E-state index contributed by atoms with van der Waals surface area (Å²) in [5.74, 6) is 0.371. The number of nitrogens with zero attached hydrogens (tertiary/aromatic N) is 1. The third-order valence-corrected chi connectivity index (χ3v) is 5.60. The van der Waals surface area contributed by atoms with Crippen LogP contribution in [-0.2, 0) is 16.1 Å². The highest BCUT2D eigenvalue weighted by Gasteiger charge is 2.17. The highest BCUT2D eigenvalue weighted by Crippen LogP contribution is 2.23. The van der Waals surface area contributed by atoms with E-state index in [9.17, 15) is 9.59 Å². The van der Waals surface area contributed by atoms with E-state index in [0.29, 0.717) is 22.3 Å². The second kappa shape index (κ2) is 8.55. The predicted octanol–water partition coefficient (Wildman–Crippen LogP) is 2.96. The SMILES string of the molecule is COc1ccc2c(COC(=O)CSC(=S)N3CCCC3)cc(=O)oc2c1. The van der Waals surface area contributed by atoms with Crippen LogP contribution in [0.2, 0.25) is 0 Å². The van der Waals surface area contributed by atoms with Crippen molar-refractivity contribution >= 4 is 45.2 Å². The molecule has 0 spiro atoms. The summed E-state index contributed by atoms with van der Waals surface area (Å²) in [7, 11) is 1.54. The summed E-state index contributed by atoms with van der Waals surface area (Å²) in [5.41, 5.74) is 0.494. The van der Waals surface area contributed by atoms with Crippen LogP contribution in [-0.4, -0.2) is 41.1 Å². The molecule has 0 aliphatic carbocycles. The number of fused-ring (bicyclic) bond motifs is 1. The highest BCUT2D eigenvalue weighted by atomic mass is 32.2. The topological polar surface area (TPSA) is 69.0 Å². The van der Waals surface area contributed by atoms with Crippen LogP contribution in [0.25, 0.3) is 11.0 Å². The largest absolute Gasteiger partial charge is 0.497 e. The lowest BCUT2D eigenvalue weighted by molar-refractivity contribution is -0.141. The maximum Gasteiger partial charge on any atom is 0.336 e. The minimum atomic E-state index is -0.499. The Morgan fingerprint density at radius 3 is 2.81 bits per heavy atom. The molecule has 2 aromatic rings. The van der Waals surface area contributed by atoms with Gasteiger partial charge in [0, 0.05) is 36.2 Å². The maximum atomic E-state index is 12.0. The van der Waals surface area contributed by atoms with Crippen LogP contribution in [0.15, 0.2) is 33.5 Å². The molecule has 0 bridgehead atoms. The summed E-state index contributed by atoms with van der Waals surface area (Å²) in [6, 6.07) is 6.51. The quantitative estimate of drug-likeness (QED) is 0.436. The van der Waals surface area contributed by atoms with Gasteiger partial charge in [-0.1, -0.05) is 24.0 Å². The summed E-state index contributed by atoms with van der Waals surface area (Å²) >= 11 is 6.64. The van der Waals surface area contributed by atoms with Crippen molar-refractivity contribution in [2.45, 2.75) is 19.4 Å². The molecule has 6 nitrogen and oxygen atoms in total. The first-order valence-corrected chi connectivity index (χ1v) is 9.64. The van der Waals surface area contributed by atoms with Gasteiger partial charge in [0.2, 0.25) is 0 Å². The number of esters is 1. The minimum absolute atomic E-state index is 0.00426. The molecule has 0 N–H and O–H groups in total. The van der Waals surface area contributed by atoms with Crippen molar-refractivity contribution in [2.75, 3.05) is 26.0 Å². The molecule has 26 heavy (non-hydrogen) atoms. The number of likely N-dealkylation sites (tertiary alicyclic amines) is 1.